The third kappa shape index (κ3) is 1.70. The molecule has 10 nitrogen and oxygen atoms in total. The number of nitrogens with zero attached hydrogens (tertiary/aromatic N) is 2. The number of nitrogens with two attached hydrogens (primary N) is 1. The van der Waals surface area contributed by atoms with Crippen molar-refractivity contribution in [2.24, 2.45) is 5.84 Å². The number of aliphatic hydroxyl groups excluding tert-OH is 2. The van der Waals surface area contributed by atoms with Crippen molar-refractivity contribution in [3.05, 3.63) is 22.1 Å². The molecular formula is C10H12N4O6. The zero-order valence-corrected chi connectivity index (χ0v) is 10.1. The SMILES string of the molecule is NNC(=O)c1cc(=O)nc2n1[C@H]1O[C@H](CO)[C@@H](O)[C@@H]1O2. The van der Waals surface area contributed by atoms with Crippen LogP contribution in [0.25, 0.3) is 0 Å². The Morgan fingerprint density at radius 3 is 3.00 bits per heavy atom. The molecule has 0 spiro atoms. The van der Waals surface area contributed by atoms with Crippen molar-refractivity contribution in [2.45, 2.75) is 24.5 Å². The molecule has 1 aromatic rings. The average molecular weight is 284 g/mol. The van der Waals surface area contributed by atoms with Crippen LogP contribution in [-0.2, 0) is 4.74 Å². The molecule has 4 atom stereocenters. The fourth-order valence-corrected chi connectivity index (χ4v) is 2.37. The highest BCUT2D eigenvalue weighted by Crippen LogP contribution is 2.39. The van der Waals surface area contributed by atoms with E-state index in [9.17, 15) is 14.7 Å². The summed E-state index contributed by atoms with van der Waals surface area (Å²) in [5.74, 6) is 4.34. The summed E-state index contributed by atoms with van der Waals surface area (Å²) in [5, 5.41) is 19.0. The molecule has 1 fully saturated rings. The lowest BCUT2D eigenvalue weighted by atomic mass is 10.1. The molecule has 5 N–H and O–H groups in total. The van der Waals surface area contributed by atoms with E-state index < -0.39 is 42.6 Å². The minimum Gasteiger partial charge on any atom is -0.453 e. The lowest BCUT2D eigenvalue weighted by Crippen LogP contribution is -2.35. The fourth-order valence-electron chi connectivity index (χ4n) is 2.37. The van der Waals surface area contributed by atoms with Crippen LogP contribution in [0.2, 0.25) is 0 Å². The van der Waals surface area contributed by atoms with Crippen molar-refractivity contribution < 1.29 is 24.5 Å². The number of hydrazine groups is 1. The summed E-state index contributed by atoms with van der Waals surface area (Å²) >= 11 is 0. The molecular weight excluding hydrogens is 272 g/mol. The first-order valence-corrected chi connectivity index (χ1v) is 5.82. The van der Waals surface area contributed by atoms with Crippen LogP contribution >= 0.6 is 0 Å². The summed E-state index contributed by atoms with van der Waals surface area (Å²) < 4.78 is 12.0. The van der Waals surface area contributed by atoms with Gasteiger partial charge < -0.3 is 19.7 Å². The number of aromatic nitrogens is 2. The van der Waals surface area contributed by atoms with Gasteiger partial charge in [-0.15, -0.1) is 0 Å². The Bertz CT molecular complexity index is 616. The summed E-state index contributed by atoms with van der Waals surface area (Å²) in [5.41, 5.74) is 1.13. The van der Waals surface area contributed by atoms with Gasteiger partial charge in [-0.1, -0.05) is 0 Å². The molecule has 0 unspecified atom stereocenters. The summed E-state index contributed by atoms with van der Waals surface area (Å²) in [6.07, 6.45) is -3.66. The van der Waals surface area contributed by atoms with Crippen LogP contribution in [0.3, 0.4) is 0 Å². The summed E-state index contributed by atoms with van der Waals surface area (Å²) in [6, 6.07) is 0.848. The van der Waals surface area contributed by atoms with E-state index in [0.29, 0.717) is 0 Å². The van der Waals surface area contributed by atoms with Crippen molar-refractivity contribution in [3.8, 4) is 6.01 Å². The number of hydrogen-bond donors (Lipinski definition) is 4. The highest BCUT2D eigenvalue weighted by molar-refractivity contribution is 5.92. The van der Waals surface area contributed by atoms with Crippen molar-refractivity contribution >= 4 is 5.91 Å². The molecule has 2 aliphatic rings. The number of nitrogen functional groups attached to an aromatic ring is 1. The number of carbonyl (C=O) groups is 1. The molecule has 0 saturated carbocycles. The van der Waals surface area contributed by atoms with Gasteiger partial charge in [-0.3, -0.25) is 19.6 Å². The van der Waals surface area contributed by atoms with Crippen molar-refractivity contribution in [3.63, 3.8) is 0 Å². The normalized spacial score (nSPS) is 30.6. The molecule has 1 aromatic heterocycles. The van der Waals surface area contributed by atoms with Crippen LogP contribution in [0.15, 0.2) is 10.9 Å². The maximum atomic E-state index is 11.7. The van der Waals surface area contributed by atoms with E-state index in [2.05, 4.69) is 4.98 Å². The molecule has 0 aliphatic carbocycles. The molecule has 0 bridgehead atoms. The highest BCUT2D eigenvalue weighted by Gasteiger charge is 2.52. The van der Waals surface area contributed by atoms with E-state index in [1.807, 2.05) is 5.43 Å². The number of aliphatic hydroxyl groups is 2. The number of nitrogens with one attached hydrogen (secondary N) is 1. The van der Waals surface area contributed by atoms with Gasteiger partial charge in [0, 0.05) is 6.07 Å². The van der Waals surface area contributed by atoms with Gasteiger partial charge in [0.1, 0.15) is 17.9 Å². The topological polar surface area (TPSA) is 149 Å². The van der Waals surface area contributed by atoms with Gasteiger partial charge in [-0.2, -0.15) is 4.98 Å². The van der Waals surface area contributed by atoms with Crippen LogP contribution in [-0.4, -0.2) is 50.6 Å². The molecule has 10 heteroatoms. The van der Waals surface area contributed by atoms with E-state index in [1.54, 1.807) is 0 Å². The van der Waals surface area contributed by atoms with E-state index in [1.165, 1.54) is 4.57 Å². The second-order valence-electron chi connectivity index (χ2n) is 4.43. The smallest absolute Gasteiger partial charge is 0.303 e. The van der Waals surface area contributed by atoms with E-state index in [-0.39, 0.29) is 11.7 Å². The van der Waals surface area contributed by atoms with Crippen LogP contribution < -0.4 is 21.6 Å². The molecule has 3 rings (SSSR count). The quantitative estimate of drug-likeness (QED) is 0.253. The zero-order chi connectivity index (χ0) is 14.4. The molecule has 2 aliphatic heterocycles. The van der Waals surface area contributed by atoms with Gasteiger partial charge in [0.2, 0.25) is 0 Å². The number of amides is 1. The van der Waals surface area contributed by atoms with Crippen LogP contribution in [0, 0.1) is 0 Å². The Kier molecular flexibility index (Phi) is 2.94. The maximum absolute atomic E-state index is 11.7. The predicted octanol–water partition coefficient (Wildman–Crippen LogP) is -3.14. The fraction of sp³-hybridized carbons (Fsp3) is 0.500. The van der Waals surface area contributed by atoms with Crippen molar-refractivity contribution in [2.75, 3.05) is 6.61 Å². The Balaban J connectivity index is 2.09. The molecule has 0 radical (unpaired) electrons. The Morgan fingerprint density at radius 1 is 1.60 bits per heavy atom. The van der Waals surface area contributed by atoms with Crippen LogP contribution in [0.1, 0.15) is 16.7 Å². The average Bonchev–Trinajstić information content (AvgIpc) is 2.93. The third-order valence-corrected chi connectivity index (χ3v) is 3.28. The molecule has 108 valence electrons. The number of carbonyl (C=O) groups excluding carboxylic acids is 1. The number of hydrogen-bond acceptors (Lipinski definition) is 8. The molecule has 3 heterocycles. The van der Waals surface area contributed by atoms with Crippen LogP contribution in [0.4, 0.5) is 0 Å². The summed E-state index contributed by atoms with van der Waals surface area (Å²) in [7, 11) is 0. The first-order valence-electron chi connectivity index (χ1n) is 5.82. The van der Waals surface area contributed by atoms with Gasteiger partial charge >= 0.3 is 6.01 Å². The lowest BCUT2D eigenvalue weighted by Gasteiger charge is -2.15. The molecule has 0 aromatic carbocycles. The number of ether oxygens (including phenoxy) is 2. The monoisotopic (exact) mass is 284 g/mol. The standard InChI is InChI=1S/C10H12N4O6/c11-13-8(18)3-1-5(16)12-10-14(3)9-7(20-10)6(17)4(2-15)19-9/h1,4,6-7,9,15,17H,2,11H2,(H,13,18)/t4-,6-,7+,9+/m1/s1. The molecule has 1 saturated heterocycles. The van der Waals surface area contributed by atoms with Crippen molar-refractivity contribution in [1.82, 2.24) is 15.0 Å². The minimum absolute atomic E-state index is 0.0965. The highest BCUT2D eigenvalue weighted by atomic mass is 16.6. The van der Waals surface area contributed by atoms with Gasteiger partial charge in [-0.05, 0) is 0 Å². The van der Waals surface area contributed by atoms with Crippen molar-refractivity contribution in [1.29, 1.82) is 0 Å². The Morgan fingerprint density at radius 2 is 2.35 bits per heavy atom. The Labute approximate surface area is 111 Å². The zero-order valence-electron chi connectivity index (χ0n) is 10.1. The van der Waals surface area contributed by atoms with Gasteiger partial charge in [-0.25, -0.2) is 5.84 Å². The maximum Gasteiger partial charge on any atom is 0.303 e. The summed E-state index contributed by atoms with van der Waals surface area (Å²) in [6.45, 7) is -0.404. The minimum atomic E-state index is -1.10. The second kappa shape index (κ2) is 4.52. The van der Waals surface area contributed by atoms with E-state index in [4.69, 9.17) is 20.4 Å². The molecule has 1 amide bonds. The van der Waals surface area contributed by atoms with Gasteiger partial charge in [0.05, 0.1) is 6.61 Å². The number of fused-ring (bicyclic) bond motifs is 3. The first kappa shape index (κ1) is 13.0. The van der Waals surface area contributed by atoms with Gasteiger partial charge in [0.25, 0.3) is 11.5 Å². The number of rotatable bonds is 2. The van der Waals surface area contributed by atoms with Gasteiger partial charge in [0.15, 0.2) is 12.3 Å². The van der Waals surface area contributed by atoms with E-state index >= 15 is 0 Å². The lowest BCUT2D eigenvalue weighted by molar-refractivity contribution is -0.0439. The largest absolute Gasteiger partial charge is 0.453 e. The first-order chi connectivity index (χ1) is 9.56. The molecule has 20 heavy (non-hydrogen) atoms. The second-order valence-corrected chi connectivity index (χ2v) is 4.43. The predicted molar refractivity (Wildman–Crippen MR) is 61.6 cm³/mol. The van der Waals surface area contributed by atoms with E-state index in [0.717, 1.165) is 6.07 Å². The summed E-state index contributed by atoms with van der Waals surface area (Å²) in [4.78, 5) is 26.7. The third-order valence-electron chi connectivity index (χ3n) is 3.28. The van der Waals surface area contributed by atoms with Crippen LogP contribution in [0.5, 0.6) is 6.01 Å². The Hall–Kier alpha value is -2.01.